The molecule has 2 atom stereocenters. The monoisotopic (exact) mass is 277 g/mol. The molecular formula is C12H23NO4S. The minimum Gasteiger partial charge on any atom is -0.331 e. The lowest BCUT2D eigenvalue weighted by molar-refractivity contribution is -0.128. The van der Waals surface area contributed by atoms with Gasteiger partial charge in [0.25, 0.3) is 10.1 Å². The first kappa shape index (κ1) is 15.6. The first-order valence-corrected chi connectivity index (χ1v) is 7.90. The average Bonchev–Trinajstić information content (AvgIpc) is 2.50. The second kappa shape index (κ2) is 4.90. The number of carbonyl (C=O) groups is 1. The van der Waals surface area contributed by atoms with Crippen molar-refractivity contribution in [3.63, 3.8) is 0 Å². The summed E-state index contributed by atoms with van der Waals surface area (Å²) >= 11 is 0. The van der Waals surface area contributed by atoms with Crippen LogP contribution in [-0.2, 0) is 14.9 Å². The minimum atomic E-state index is -4.08. The van der Waals surface area contributed by atoms with Crippen molar-refractivity contribution in [3.8, 4) is 0 Å². The van der Waals surface area contributed by atoms with Crippen LogP contribution in [0.3, 0.4) is 0 Å². The van der Waals surface area contributed by atoms with E-state index in [1.807, 2.05) is 20.8 Å². The highest BCUT2D eigenvalue weighted by Crippen LogP contribution is 2.64. The number of ketones is 1. The fourth-order valence-electron chi connectivity index (χ4n) is 3.42. The van der Waals surface area contributed by atoms with Gasteiger partial charge in [0, 0.05) is 6.42 Å². The SMILES string of the molecule is CC1(C)C2CCC1(CS(=O)(=O)O)C(=O)C2.CCN. The van der Waals surface area contributed by atoms with E-state index in [0.29, 0.717) is 12.8 Å². The Morgan fingerprint density at radius 1 is 1.44 bits per heavy atom. The van der Waals surface area contributed by atoms with Gasteiger partial charge in [0.1, 0.15) is 5.78 Å². The van der Waals surface area contributed by atoms with Crippen molar-refractivity contribution in [2.45, 2.75) is 40.0 Å². The molecule has 0 aliphatic heterocycles. The summed E-state index contributed by atoms with van der Waals surface area (Å²) in [5.74, 6) is -0.101. The van der Waals surface area contributed by atoms with E-state index >= 15 is 0 Å². The zero-order valence-electron chi connectivity index (χ0n) is 11.3. The molecule has 0 aromatic heterocycles. The first-order chi connectivity index (χ1) is 8.10. The number of fused-ring (bicyclic) bond motifs is 2. The molecule has 106 valence electrons. The Kier molecular flexibility index (Phi) is 4.25. The number of carbonyl (C=O) groups excluding carboxylic acids is 1. The molecule has 18 heavy (non-hydrogen) atoms. The summed E-state index contributed by atoms with van der Waals surface area (Å²) in [7, 11) is -4.08. The maximum absolute atomic E-state index is 11.9. The van der Waals surface area contributed by atoms with Crippen molar-refractivity contribution in [3.05, 3.63) is 0 Å². The maximum Gasteiger partial charge on any atom is 0.265 e. The van der Waals surface area contributed by atoms with Crippen LogP contribution in [-0.4, -0.2) is 31.1 Å². The normalized spacial score (nSPS) is 33.2. The highest BCUT2D eigenvalue weighted by molar-refractivity contribution is 7.85. The minimum absolute atomic E-state index is 0.0152. The molecule has 6 heteroatoms. The standard InChI is InChI=1S/C10H16O4S.C2H7N/c1-9(2)7-3-4-10(9,8(11)5-7)6-15(12,13)14;1-2-3/h7H,3-6H2,1-2H3,(H,12,13,14);2-3H2,1H3. The van der Waals surface area contributed by atoms with Gasteiger partial charge >= 0.3 is 0 Å². The van der Waals surface area contributed by atoms with Crippen molar-refractivity contribution in [1.82, 2.24) is 0 Å². The van der Waals surface area contributed by atoms with Gasteiger partial charge < -0.3 is 5.73 Å². The van der Waals surface area contributed by atoms with Gasteiger partial charge in [-0.25, -0.2) is 0 Å². The molecule has 0 amide bonds. The second-order valence-corrected chi connectivity index (χ2v) is 7.25. The largest absolute Gasteiger partial charge is 0.331 e. The molecular weight excluding hydrogens is 254 g/mol. The van der Waals surface area contributed by atoms with E-state index in [0.717, 1.165) is 13.0 Å². The zero-order valence-corrected chi connectivity index (χ0v) is 12.1. The Hall–Kier alpha value is -0.460. The molecule has 5 nitrogen and oxygen atoms in total. The van der Waals surface area contributed by atoms with Crippen LogP contribution in [0.15, 0.2) is 0 Å². The molecule has 2 aliphatic carbocycles. The van der Waals surface area contributed by atoms with Crippen LogP contribution in [0.4, 0.5) is 0 Å². The Balaban J connectivity index is 0.000000492. The lowest BCUT2D eigenvalue weighted by Crippen LogP contribution is -2.42. The Bertz CT molecular complexity index is 429. The van der Waals surface area contributed by atoms with E-state index in [2.05, 4.69) is 0 Å². The van der Waals surface area contributed by atoms with Crippen LogP contribution < -0.4 is 5.73 Å². The molecule has 2 rings (SSSR count). The summed E-state index contributed by atoms with van der Waals surface area (Å²) in [5.41, 5.74) is 3.73. The fraction of sp³-hybridized carbons (Fsp3) is 0.917. The third-order valence-electron chi connectivity index (χ3n) is 4.57. The highest BCUT2D eigenvalue weighted by atomic mass is 32.2. The van der Waals surface area contributed by atoms with Crippen LogP contribution >= 0.6 is 0 Å². The third-order valence-corrected chi connectivity index (χ3v) is 5.43. The second-order valence-electron chi connectivity index (χ2n) is 5.80. The van der Waals surface area contributed by atoms with Gasteiger partial charge in [-0.2, -0.15) is 8.42 Å². The Morgan fingerprint density at radius 2 is 1.94 bits per heavy atom. The molecule has 0 radical (unpaired) electrons. The third kappa shape index (κ3) is 2.46. The van der Waals surface area contributed by atoms with E-state index in [1.165, 1.54) is 0 Å². The van der Waals surface area contributed by atoms with Crippen LogP contribution in [0.2, 0.25) is 0 Å². The van der Waals surface area contributed by atoms with Gasteiger partial charge in [0.15, 0.2) is 0 Å². The number of hydrogen-bond donors (Lipinski definition) is 2. The summed E-state index contributed by atoms with van der Waals surface area (Å²) in [6.07, 6.45) is 1.97. The van der Waals surface area contributed by atoms with Crippen LogP contribution in [0.1, 0.15) is 40.0 Å². The quantitative estimate of drug-likeness (QED) is 0.740. The van der Waals surface area contributed by atoms with E-state index in [4.69, 9.17) is 10.3 Å². The van der Waals surface area contributed by atoms with Crippen molar-refractivity contribution in [2.75, 3.05) is 12.3 Å². The molecule has 2 unspecified atom stereocenters. The smallest absolute Gasteiger partial charge is 0.265 e. The molecule has 2 fully saturated rings. The molecule has 3 N–H and O–H groups in total. The van der Waals surface area contributed by atoms with Gasteiger partial charge in [-0.1, -0.05) is 20.8 Å². The molecule has 0 aromatic rings. The number of hydrogen-bond acceptors (Lipinski definition) is 4. The molecule has 2 saturated carbocycles. The molecule has 0 saturated heterocycles. The van der Waals surface area contributed by atoms with E-state index in [-0.39, 0.29) is 17.1 Å². The topological polar surface area (TPSA) is 97.5 Å². The predicted octanol–water partition coefficient (Wildman–Crippen LogP) is 1.23. The summed E-state index contributed by atoms with van der Waals surface area (Å²) < 4.78 is 31.0. The first-order valence-electron chi connectivity index (χ1n) is 6.29. The lowest BCUT2D eigenvalue weighted by atomic mass is 9.70. The Labute approximate surface area is 109 Å². The van der Waals surface area contributed by atoms with Crippen LogP contribution in [0, 0.1) is 16.7 Å². The number of nitrogens with two attached hydrogens (primary N) is 1. The average molecular weight is 277 g/mol. The summed E-state index contributed by atoms with van der Waals surface area (Å²) in [4.78, 5) is 11.9. The lowest BCUT2D eigenvalue weighted by Gasteiger charge is -2.35. The summed E-state index contributed by atoms with van der Waals surface area (Å²) in [5, 5.41) is 0. The summed E-state index contributed by atoms with van der Waals surface area (Å²) in [6, 6.07) is 0. The number of rotatable bonds is 2. The van der Waals surface area contributed by atoms with Gasteiger partial charge in [-0.05, 0) is 30.7 Å². The van der Waals surface area contributed by atoms with Gasteiger partial charge in [-0.3, -0.25) is 9.35 Å². The highest BCUT2D eigenvalue weighted by Gasteiger charge is 2.65. The molecule has 2 aliphatic rings. The number of Topliss-reactive ketones (excluding diaryl/α,β-unsaturated/α-hetero) is 1. The van der Waals surface area contributed by atoms with Crippen molar-refractivity contribution >= 4 is 15.9 Å². The van der Waals surface area contributed by atoms with Gasteiger partial charge in [0.2, 0.25) is 0 Å². The van der Waals surface area contributed by atoms with E-state index in [1.54, 1.807) is 0 Å². The zero-order chi connectivity index (χ0) is 14.2. The molecule has 0 heterocycles. The van der Waals surface area contributed by atoms with Crippen LogP contribution in [0.5, 0.6) is 0 Å². The van der Waals surface area contributed by atoms with E-state index < -0.39 is 21.3 Å². The summed E-state index contributed by atoms with van der Waals surface area (Å²) in [6.45, 7) is 6.54. The molecule has 0 aromatic carbocycles. The predicted molar refractivity (Wildman–Crippen MR) is 69.7 cm³/mol. The van der Waals surface area contributed by atoms with Crippen molar-refractivity contribution in [2.24, 2.45) is 22.5 Å². The van der Waals surface area contributed by atoms with Crippen LogP contribution in [0.25, 0.3) is 0 Å². The van der Waals surface area contributed by atoms with Crippen molar-refractivity contribution in [1.29, 1.82) is 0 Å². The molecule has 0 spiro atoms. The van der Waals surface area contributed by atoms with E-state index in [9.17, 15) is 13.2 Å². The Morgan fingerprint density at radius 3 is 2.22 bits per heavy atom. The maximum atomic E-state index is 11.9. The van der Waals surface area contributed by atoms with Crippen molar-refractivity contribution < 1.29 is 17.8 Å². The fourth-order valence-corrected chi connectivity index (χ4v) is 4.72. The molecule has 2 bridgehead atoms. The van der Waals surface area contributed by atoms with Gasteiger partial charge in [-0.15, -0.1) is 0 Å². The van der Waals surface area contributed by atoms with Gasteiger partial charge in [0.05, 0.1) is 11.2 Å².